The normalized spacial score (nSPS) is 15.0. The van der Waals surface area contributed by atoms with E-state index in [1.54, 1.807) is 0 Å². The summed E-state index contributed by atoms with van der Waals surface area (Å²) in [5.41, 5.74) is 10.3. The van der Waals surface area contributed by atoms with Gasteiger partial charge in [-0.15, -0.1) is 0 Å². The Labute approximate surface area is 196 Å². The Balaban J connectivity index is 1.46. The highest BCUT2D eigenvalue weighted by Crippen LogP contribution is 2.40. The van der Waals surface area contributed by atoms with Crippen LogP contribution in [0.25, 0.3) is 0 Å². The van der Waals surface area contributed by atoms with E-state index in [4.69, 9.17) is 0 Å². The van der Waals surface area contributed by atoms with Gasteiger partial charge in [-0.3, -0.25) is 0 Å². The minimum atomic E-state index is 1.04. The smallest absolute Gasteiger partial charge is 0.0452 e. The number of benzene rings is 4. The molecule has 0 radical (unpaired) electrons. The molecule has 2 heterocycles. The van der Waals surface area contributed by atoms with Crippen LogP contribution in [-0.2, 0) is 12.8 Å². The summed E-state index contributed by atoms with van der Waals surface area (Å²) in [6.07, 6.45) is 4.66. The number of nitrogens with zero attached hydrogens (tertiary/aromatic N) is 2. The summed E-state index contributed by atoms with van der Waals surface area (Å²) in [5, 5.41) is 3.66. The van der Waals surface area contributed by atoms with Crippen molar-refractivity contribution in [3.63, 3.8) is 0 Å². The Hall–Kier alpha value is -3.72. The maximum absolute atomic E-state index is 3.66. The van der Waals surface area contributed by atoms with Crippen molar-refractivity contribution in [1.82, 2.24) is 0 Å². The third-order valence-electron chi connectivity index (χ3n) is 6.81. The van der Waals surface area contributed by atoms with Crippen LogP contribution in [0, 0.1) is 0 Å². The molecule has 2 aliphatic rings. The number of anilines is 6. The summed E-state index contributed by atoms with van der Waals surface area (Å²) in [5.74, 6) is 0. The van der Waals surface area contributed by atoms with E-state index >= 15 is 0 Å². The molecule has 0 saturated carbocycles. The molecule has 4 aromatic rings. The van der Waals surface area contributed by atoms with Gasteiger partial charge in [-0.1, -0.05) is 54.6 Å². The predicted octanol–water partition coefficient (Wildman–Crippen LogP) is 7.60. The van der Waals surface area contributed by atoms with Gasteiger partial charge in [0.2, 0.25) is 0 Å². The van der Waals surface area contributed by atoms with Crippen LogP contribution >= 0.6 is 0 Å². The number of hydrogen-bond acceptors (Lipinski definition) is 3. The fourth-order valence-corrected chi connectivity index (χ4v) is 5.27. The van der Waals surface area contributed by atoms with E-state index < -0.39 is 0 Å². The maximum atomic E-state index is 3.66. The molecule has 33 heavy (non-hydrogen) atoms. The zero-order valence-electron chi connectivity index (χ0n) is 18.9. The van der Waals surface area contributed by atoms with Crippen molar-refractivity contribution in [1.29, 1.82) is 0 Å². The third-order valence-corrected chi connectivity index (χ3v) is 6.81. The Kier molecular flexibility index (Phi) is 5.23. The van der Waals surface area contributed by atoms with E-state index in [0.29, 0.717) is 0 Å². The van der Waals surface area contributed by atoms with Gasteiger partial charge in [0.1, 0.15) is 0 Å². The van der Waals surface area contributed by atoms with Gasteiger partial charge in [-0.05, 0) is 79.3 Å². The van der Waals surface area contributed by atoms with Crippen LogP contribution < -0.4 is 15.1 Å². The molecule has 164 valence electrons. The highest BCUT2D eigenvalue weighted by Gasteiger charge is 2.22. The van der Waals surface area contributed by atoms with Crippen LogP contribution in [0.5, 0.6) is 0 Å². The first-order chi connectivity index (χ1) is 16.3. The lowest BCUT2D eigenvalue weighted by Gasteiger charge is -2.35. The number of hydrogen-bond donors (Lipinski definition) is 1. The van der Waals surface area contributed by atoms with Crippen LogP contribution in [0.1, 0.15) is 24.0 Å². The molecule has 0 atom stereocenters. The fraction of sp³-hybridized carbons (Fsp3) is 0.200. The second kappa shape index (κ2) is 8.67. The molecule has 0 saturated heterocycles. The highest BCUT2D eigenvalue weighted by molar-refractivity contribution is 5.80. The Morgan fingerprint density at radius 2 is 1.03 bits per heavy atom. The highest BCUT2D eigenvalue weighted by atomic mass is 15.2. The first-order valence-electron chi connectivity index (χ1n) is 12.0. The topological polar surface area (TPSA) is 18.5 Å². The minimum absolute atomic E-state index is 1.04. The van der Waals surface area contributed by atoms with Crippen molar-refractivity contribution >= 4 is 34.1 Å². The van der Waals surface area contributed by atoms with Crippen molar-refractivity contribution in [2.24, 2.45) is 0 Å². The van der Waals surface area contributed by atoms with Gasteiger partial charge in [0.25, 0.3) is 0 Å². The SMILES string of the molecule is c1ccc(Nc2cc(N3CCCc4ccccc43)cc(N3CCCc4ccccc43)c2)cc1. The zero-order chi connectivity index (χ0) is 22.0. The van der Waals surface area contributed by atoms with Gasteiger partial charge in [0, 0.05) is 47.2 Å². The van der Waals surface area contributed by atoms with Gasteiger partial charge in [0.15, 0.2) is 0 Å². The van der Waals surface area contributed by atoms with Crippen LogP contribution in [0.4, 0.5) is 34.1 Å². The first kappa shape index (κ1) is 19.9. The van der Waals surface area contributed by atoms with Gasteiger partial charge < -0.3 is 15.1 Å². The van der Waals surface area contributed by atoms with E-state index in [1.165, 1.54) is 46.7 Å². The molecule has 0 unspecified atom stereocenters. The lowest BCUT2D eigenvalue weighted by molar-refractivity contribution is 0.761. The molecule has 3 nitrogen and oxygen atoms in total. The van der Waals surface area contributed by atoms with Crippen molar-refractivity contribution in [2.45, 2.75) is 25.7 Å². The van der Waals surface area contributed by atoms with Crippen LogP contribution in [-0.4, -0.2) is 13.1 Å². The van der Waals surface area contributed by atoms with Gasteiger partial charge in [-0.2, -0.15) is 0 Å². The Bertz CT molecular complexity index is 1190. The van der Waals surface area contributed by atoms with E-state index in [9.17, 15) is 0 Å². The molecule has 3 heteroatoms. The summed E-state index contributed by atoms with van der Waals surface area (Å²) in [4.78, 5) is 4.99. The van der Waals surface area contributed by atoms with Crippen molar-refractivity contribution in [2.75, 3.05) is 28.2 Å². The van der Waals surface area contributed by atoms with Crippen molar-refractivity contribution < 1.29 is 0 Å². The quantitative estimate of drug-likeness (QED) is 0.359. The van der Waals surface area contributed by atoms with Crippen LogP contribution in [0.2, 0.25) is 0 Å². The molecular formula is C30H29N3. The summed E-state index contributed by atoms with van der Waals surface area (Å²) in [7, 11) is 0. The largest absolute Gasteiger partial charge is 0.355 e. The molecule has 2 aliphatic heterocycles. The summed E-state index contributed by atoms with van der Waals surface area (Å²) < 4.78 is 0. The molecule has 0 aromatic heterocycles. The second-order valence-electron chi connectivity index (χ2n) is 9.00. The zero-order valence-corrected chi connectivity index (χ0v) is 18.9. The van der Waals surface area contributed by atoms with Gasteiger partial charge in [0.05, 0.1) is 0 Å². The summed E-state index contributed by atoms with van der Waals surface area (Å²) in [6.45, 7) is 2.09. The Morgan fingerprint density at radius 1 is 0.515 bits per heavy atom. The third kappa shape index (κ3) is 3.95. The molecule has 0 spiro atoms. The fourth-order valence-electron chi connectivity index (χ4n) is 5.27. The van der Waals surface area contributed by atoms with E-state index in [2.05, 4.69) is 112 Å². The molecular weight excluding hydrogens is 402 g/mol. The number of fused-ring (bicyclic) bond motifs is 2. The molecule has 6 rings (SSSR count). The molecule has 4 aromatic carbocycles. The van der Waals surface area contributed by atoms with Gasteiger partial charge in [-0.25, -0.2) is 0 Å². The van der Waals surface area contributed by atoms with E-state index in [0.717, 1.165) is 37.3 Å². The molecule has 0 amide bonds. The molecule has 0 bridgehead atoms. The minimum Gasteiger partial charge on any atom is -0.355 e. The predicted molar refractivity (Wildman–Crippen MR) is 140 cm³/mol. The van der Waals surface area contributed by atoms with Crippen LogP contribution in [0.15, 0.2) is 97.1 Å². The summed E-state index contributed by atoms with van der Waals surface area (Å²) in [6, 6.07) is 35.1. The standard InChI is InChI=1S/C30H29N3/c1-2-14-25(15-3-1)31-26-20-27(32-18-8-12-23-10-4-6-16-29(23)32)22-28(21-26)33-19-9-13-24-11-5-7-17-30(24)33/h1-7,10-11,14-17,20-22,31H,8-9,12-13,18-19H2. The average molecular weight is 432 g/mol. The molecule has 0 fully saturated rings. The lowest BCUT2D eigenvalue weighted by Crippen LogP contribution is -2.26. The number of aryl methyl sites for hydroxylation is 2. The molecule has 1 N–H and O–H groups in total. The number of rotatable bonds is 4. The van der Waals surface area contributed by atoms with Crippen molar-refractivity contribution in [3.05, 3.63) is 108 Å². The summed E-state index contributed by atoms with van der Waals surface area (Å²) >= 11 is 0. The van der Waals surface area contributed by atoms with Crippen molar-refractivity contribution in [3.8, 4) is 0 Å². The maximum Gasteiger partial charge on any atom is 0.0452 e. The van der Waals surface area contributed by atoms with Crippen LogP contribution in [0.3, 0.4) is 0 Å². The monoisotopic (exact) mass is 431 g/mol. The average Bonchev–Trinajstić information content (AvgIpc) is 2.88. The first-order valence-corrected chi connectivity index (χ1v) is 12.0. The molecule has 0 aliphatic carbocycles. The van der Waals surface area contributed by atoms with Gasteiger partial charge >= 0.3 is 0 Å². The lowest BCUT2D eigenvalue weighted by atomic mass is 9.99. The second-order valence-corrected chi connectivity index (χ2v) is 9.00. The Morgan fingerprint density at radius 3 is 1.61 bits per heavy atom. The van der Waals surface area contributed by atoms with E-state index in [1.807, 2.05) is 0 Å². The number of para-hydroxylation sites is 3. The van der Waals surface area contributed by atoms with E-state index in [-0.39, 0.29) is 0 Å². The number of nitrogens with one attached hydrogen (secondary N) is 1.